The third-order valence-corrected chi connectivity index (χ3v) is 6.54. The van der Waals surface area contributed by atoms with Crippen LogP contribution in [0.1, 0.15) is 45.4 Å². The summed E-state index contributed by atoms with van der Waals surface area (Å²) in [5, 5.41) is 1.39. The highest BCUT2D eigenvalue weighted by atomic mass is 28.4. The quantitative estimate of drug-likeness (QED) is 0.294. The number of hydrogen-bond donors (Lipinski definition) is 0. The summed E-state index contributed by atoms with van der Waals surface area (Å²) in [7, 11) is -1.69. The molecule has 0 aliphatic rings. The maximum Gasteiger partial charge on any atom is 0.218 e. The van der Waals surface area contributed by atoms with Crippen molar-refractivity contribution in [2.45, 2.75) is 58.5 Å². The average Bonchev–Trinajstić information content (AvgIpc) is 2.53. The second kappa shape index (κ2) is 11.4. The molecule has 0 amide bonds. The van der Waals surface area contributed by atoms with Gasteiger partial charge in [0.25, 0.3) is 0 Å². The summed E-state index contributed by atoms with van der Waals surface area (Å²) < 4.78 is 6.21. The Hall–Kier alpha value is -1.12. The molecule has 0 saturated carbocycles. The van der Waals surface area contributed by atoms with E-state index in [9.17, 15) is 0 Å². The molecule has 0 spiro atoms. The Morgan fingerprint density at radius 3 is 2.32 bits per heavy atom. The van der Waals surface area contributed by atoms with Gasteiger partial charge in [-0.25, -0.2) is 0 Å². The first-order valence-corrected chi connectivity index (χ1v) is 11.5. The molecule has 0 bridgehead atoms. The topological polar surface area (TPSA) is 9.23 Å². The molecule has 122 valence electrons. The van der Waals surface area contributed by atoms with Gasteiger partial charge in [-0.2, -0.15) is 0 Å². The Bertz CT molecular complexity index is 434. The molecular formula is C20H32OSi. The lowest BCUT2D eigenvalue weighted by Gasteiger charge is -2.23. The molecule has 0 atom stereocenters. The molecule has 0 unspecified atom stereocenters. The van der Waals surface area contributed by atoms with Gasteiger partial charge in [-0.3, -0.25) is 0 Å². The molecule has 0 radical (unpaired) electrons. The van der Waals surface area contributed by atoms with Crippen LogP contribution >= 0.6 is 0 Å². The van der Waals surface area contributed by atoms with Crippen LogP contribution in [0.15, 0.2) is 54.6 Å². The molecule has 0 heterocycles. The van der Waals surface area contributed by atoms with E-state index >= 15 is 0 Å². The van der Waals surface area contributed by atoms with E-state index in [1.807, 2.05) is 6.92 Å². The Labute approximate surface area is 138 Å². The van der Waals surface area contributed by atoms with E-state index in [-0.39, 0.29) is 0 Å². The maximum absolute atomic E-state index is 6.21. The van der Waals surface area contributed by atoms with E-state index in [0.717, 1.165) is 6.61 Å². The van der Waals surface area contributed by atoms with Crippen molar-refractivity contribution >= 4 is 13.5 Å². The largest absolute Gasteiger partial charge is 0.413 e. The van der Waals surface area contributed by atoms with Gasteiger partial charge in [0.2, 0.25) is 8.32 Å². The van der Waals surface area contributed by atoms with Crippen LogP contribution in [-0.4, -0.2) is 14.9 Å². The fraction of sp³-hybridized carbons (Fsp3) is 0.500. The predicted molar refractivity (Wildman–Crippen MR) is 101 cm³/mol. The molecule has 2 heteroatoms. The van der Waals surface area contributed by atoms with Crippen LogP contribution in [0.3, 0.4) is 0 Å². The van der Waals surface area contributed by atoms with E-state index in [1.165, 1.54) is 43.7 Å². The molecule has 1 aromatic carbocycles. The molecule has 0 aliphatic heterocycles. The minimum Gasteiger partial charge on any atom is -0.413 e. The number of allylic oxidation sites excluding steroid dienone is 4. The van der Waals surface area contributed by atoms with Crippen molar-refractivity contribution in [3.8, 4) is 0 Å². The molecule has 0 fully saturated rings. The molecule has 0 saturated heterocycles. The molecule has 0 aliphatic carbocycles. The van der Waals surface area contributed by atoms with Gasteiger partial charge in [0.05, 0.1) is 0 Å². The second-order valence-corrected chi connectivity index (χ2v) is 10.1. The zero-order chi connectivity index (χ0) is 16.1. The summed E-state index contributed by atoms with van der Waals surface area (Å²) in [6.45, 7) is 7.54. The molecular weight excluding hydrogens is 284 g/mol. The van der Waals surface area contributed by atoms with Gasteiger partial charge in [0, 0.05) is 6.61 Å². The average molecular weight is 317 g/mol. The Morgan fingerprint density at radius 2 is 1.59 bits per heavy atom. The van der Waals surface area contributed by atoms with Crippen molar-refractivity contribution in [1.29, 1.82) is 0 Å². The van der Waals surface area contributed by atoms with E-state index < -0.39 is 8.32 Å². The van der Waals surface area contributed by atoms with Gasteiger partial charge >= 0.3 is 0 Å². The first kappa shape index (κ1) is 18.9. The molecule has 0 N–H and O–H groups in total. The van der Waals surface area contributed by atoms with Crippen molar-refractivity contribution in [3.05, 3.63) is 54.6 Å². The predicted octanol–water partition coefficient (Wildman–Crippen LogP) is 5.59. The SMILES string of the molecule is CC=CC=CCCCCCCCO[Si](C)(C)c1ccccc1. The lowest BCUT2D eigenvalue weighted by Crippen LogP contribution is -2.44. The van der Waals surface area contributed by atoms with E-state index in [2.05, 4.69) is 67.7 Å². The third kappa shape index (κ3) is 8.35. The fourth-order valence-corrected chi connectivity index (χ4v) is 4.25. The fourth-order valence-electron chi connectivity index (χ4n) is 2.43. The summed E-state index contributed by atoms with van der Waals surface area (Å²) in [5.74, 6) is 0. The summed E-state index contributed by atoms with van der Waals surface area (Å²) in [6, 6.07) is 10.7. The zero-order valence-corrected chi connectivity index (χ0v) is 15.6. The highest BCUT2D eigenvalue weighted by molar-refractivity contribution is 6.84. The minimum absolute atomic E-state index is 0.912. The molecule has 22 heavy (non-hydrogen) atoms. The van der Waals surface area contributed by atoms with E-state index in [0.29, 0.717) is 0 Å². The lowest BCUT2D eigenvalue weighted by atomic mass is 10.1. The summed E-state index contributed by atoms with van der Waals surface area (Å²) in [4.78, 5) is 0. The normalized spacial score (nSPS) is 12.5. The number of rotatable bonds is 11. The summed E-state index contributed by atoms with van der Waals surface area (Å²) in [6.07, 6.45) is 16.2. The minimum atomic E-state index is -1.69. The van der Waals surface area contributed by atoms with Gasteiger partial charge in [-0.15, -0.1) is 0 Å². The molecule has 0 aromatic heterocycles. The summed E-state index contributed by atoms with van der Waals surface area (Å²) in [5.41, 5.74) is 0. The molecule has 1 nitrogen and oxygen atoms in total. The van der Waals surface area contributed by atoms with Gasteiger partial charge < -0.3 is 4.43 Å². The first-order valence-electron chi connectivity index (χ1n) is 8.64. The van der Waals surface area contributed by atoms with Crippen LogP contribution in [0.5, 0.6) is 0 Å². The summed E-state index contributed by atoms with van der Waals surface area (Å²) >= 11 is 0. The van der Waals surface area contributed by atoms with Crippen LogP contribution in [0.25, 0.3) is 0 Å². The van der Waals surface area contributed by atoms with Crippen LogP contribution in [0.2, 0.25) is 13.1 Å². The maximum atomic E-state index is 6.21. The highest BCUT2D eigenvalue weighted by Gasteiger charge is 2.24. The molecule has 1 aromatic rings. The van der Waals surface area contributed by atoms with Gasteiger partial charge in [0.15, 0.2) is 0 Å². The number of hydrogen-bond acceptors (Lipinski definition) is 1. The van der Waals surface area contributed by atoms with Gasteiger partial charge in [0.1, 0.15) is 0 Å². The van der Waals surface area contributed by atoms with E-state index in [1.54, 1.807) is 0 Å². The molecule has 1 rings (SSSR count). The Kier molecular flexibility index (Phi) is 9.85. The lowest BCUT2D eigenvalue weighted by molar-refractivity contribution is 0.302. The highest BCUT2D eigenvalue weighted by Crippen LogP contribution is 2.09. The van der Waals surface area contributed by atoms with Crippen molar-refractivity contribution in [2.24, 2.45) is 0 Å². The first-order chi connectivity index (χ1) is 10.7. The zero-order valence-electron chi connectivity index (χ0n) is 14.6. The third-order valence-electron chi connectivity index (χ3n) is 3.89. The van der Waals surface area contributed by atoms with Crippen LogP contribution in [-0.2, 0) is 4.43 Å². The monoisotopic (exact) mass is 316 g/mol. The van der Waals surface area contributed by atoms with E-state index in [4.69, 9.17) is 4.43 Å². The number of benzene rings is 1. The Balaban J connectivity index is 2.04. The van der Waals surface area contributed by atoms with Crippen molar-refractivity contribution in [2.75, 3.05) is 6.61 Å². The van der Waals surface area contributed by atoms with Crippen molar-refractivity contribution in [1.82, 2.24) is 0 Å². The Morgan fingerprint density at radius 1 is 0.909 bits per heavy atom. The van der Waals surface area contributed by atoms with Crippen LogP contribution < -0.4 is 5.19 Å². The van der Waals surface area contributed by atoms with Crippen LogP contribution in [0, 0.1) is 0 Å². The smallest absolute Gasteiger partial charge is 0.218 e. The van der Waals surface area contributed by atoms with Crippen molar-refractivity contribution < 1.29 is 4.43 Å². The van der Waals surface area contributed by atoms with Crippen molar-refractivity contribution in [3.63, 3.8) is 0 Å². The van der Waals surface area contributed by atoms with Crippen LogP contribution in [0.4, 0.5) is 0 Å². The second-order valence-electron chi connectivity index (χ2n) is 6.24. The standard InChI is InChI=1S/C20H32OSi/c1-4-5-6-7-8-9-10-11-12-16-19-21-22(2,3)20-17-14-13-15-18-20/h4-7,13-15,17-18H,8-12,16,19H2,1-3H3. The number of unbranched alkanes of at least 4 members (excludes halogenated alkanes) is 5. The van der Waals surface area contributed by atoms with Gasteiger partial charge in [-0.05, 0) is 44.5 Å². The van der Waals surface area contributed by atoms with Gasteiger partial charge in [-0.1, -0.05) is 73.9 Å².